The number of Topliss-reactive ketones (excluding diaryl/α,β-unsaturated/α-hetero) is 1. The van der Waals surface area contributed by atoms with E-state index in [-0.39, 0.29) is 18.1 Å². The third-order valence-corrected chi connectivity index (χ3v) is 6.34. The van der Waals surface area contributed by atoms with Gasteiger partial charge in [-0.2, -0.15) is 0 Å². The molecule has 0 atom stereocenters. The van der Waals surface area contributed by atoms with Crippen molar-refractivity contribution in [3.8, 4) is 10.7 Å². The van der Waals surface area contributed by atoms with Gasteiger partial charge in [-0.3, -0.25) is 9.59 Å². The summed E-state index contributed by atoms with van der Waals surface area (Å²) in [6, 6.07) is 5.77. The lowest BCUT2D eigenvalue weighted by Crippen LogP contribution is -2.16. The molecule has 3 aromatic rings. The van der Waals surface area contributed by atoms with Crippen LogP contribution < -0.4 is 0 Å². The van der Waals surface area contributed by atoms with Gasteiger partial charge in [-0.15, -0.1) is 21.5 Å². The van der Waals surface area contributed by atoms with Gasteiger partial charge in [0.2, 0.25) is 5.78 Å². The molecular formula is C19H22N4O3S2. The fourth-order valence-electron chi connectivity index (χ4n) is 2.80. The Morgan fingerprint density at radius 1 is 1.29 bits per heavy atom. The zero-order chi connectivity index (χ0) is 20.3. The van der Waals surface area contributed by atoms with Crippen LogP contribution in [0.25, 0.3) is 10.7 Å². The van der Waals surface area contributed by atoms with Crippen molar-refractivity contribution in [2.45, 2.75) is 32.5 Å². The molecule has 0 saturated carbocycles. The Bertz CT molecular complexity index is 989. The lowest BCUT2D eigenvalue weighted by atomic mass is 10.1. The second-order valence-electron chi connectivity index (χ2n) is 6.24. The number of ketones is 1. The van der Waals surface area contributed by atoms with Gasteiger partial charge in [0.15, 0.2) is 17.6 Å². The van der Waals surface area contributed by atoms with Gasteiger partial charge in [0, 0.05) is 30.5 Å². The molecule has 3 rings (SSSR count). The third-order valence-electron chi connectivity index (χ3n) is 4.53. The molecule has 0 aromatic carbocycles. The molecule has 9 heteroatoms. The second kappa shape index (κ2) is 8.74. The van der Waals surface area contributed by atoms with Gasteiger partial charge in [-0.05, 0) is 38.3 Å². The summed E-state index contributed by atoms with van der Waals surface area (Å²) in [5.74, 6) is 0.213. The molecule has 0 unspecified atom stereocenters. The molecule has 0 aliphatic rings. The molecule has 0 amide bonds. The highest BCUT2D eigenvalue weighted by molar-refractivity contribution is 7.99. The van der Waals surface area contributed by atoms with E-state index in [1.807, 2.05) is 60.5 Å². The largest absolute Gasteiger partial charge is 0.457 e. The highest BCUT2D eigenvalue weighted by atomic mass is 32.2. The highest BCUT2D eigenvalue weighted by Crippen LogP contribution is 2.27. The zero-order valence-corrected chi connectivity index (χ0v) is 17.9. The molecule has 0 aliphatic carbocycles. The molecule has 7 nitrogen and oxygen atoms in total. The topological polar surface area (TPSA) is 79.0 Å². The predicted octanol–water partition coefficient (Wildman–Crippen LogP) is 3.50. The third kappa shape index (κ3) is 4.20. The van der Waals surface area contributed by atoms with E-state index in [9.17, 15) is 9.59 Å². The van der Waals surface area contributed by atoms with Crippen molar-refractivity contribution in [1.82, 2.24) is 19.3 Å². The number of esters is 1. The van der Waals surface area contributed by atoms with Crippen LogP contribution in [-0.2, 0) is 23.1 Å². The molecule has 3 aromatic heterocycles. The first-order valence-electron chi connectivity index (χ1n) is 8.84. The number of nitrogens with zero attached hydrogens (tertiary/aromatic N) is 4. The number of carbonyl (C=O) groups excluding carboxylic acids is 2. The Morgan fingerprint density at radius 2 is 2.07 bits per heavy atom. The van der Waals surface area contributed by atoms with Crippen molar-refractivity contribution in [2.24, 2.45) is 7.05 Å². The number of hydrogen-bond donors (Lipinski definition) is 0. The molecule has 0 aliphatic heterocycles. The average molecular weight is 419 g/mol. The summed E-state index contributed by atoms with van der Waals surface area (Å²) in [6.07, 6.45) is 0. The van der Waals surface area contributed by atoms with Crippen LogP contribution in [0.1, 0.15) is 28.7 Å². The van der Waals surface area contributed by atoms with Crippen molar-refractivity contribution < 1.29 is 14.3 Å². The van der Waals surface area contributed by atoms with Crippen molar-refractivity contribution in [3.05, 3.63) is 40.5 Å². The number of hydrogen-bond acceptors (Lipinski definition) is 7. The molecule has 0 bridgehead atoms. The predicted molar refractivity (Wildman–Crippen MR) is 110 cm³/mol. The van der Waals surface area contributed by atoms with Gasteiger partial charge in [0.25, 0.3) is 0 Å². The summed E-state index contributed by atoms with van der Waals surface area (Å²) in [7, 11) is 1.90. The summed E-state index contributed by atoms with van der Waals surface area (Å²) in [6.45, 7) is 6.25. The van der Waals surface area contributed by atoms with Crippen LogP contribution in [0.3, 0.4) is 0 Å². The Balaban J connectivity index is 1.56. The van der Waals surface area contributed by atoms with Crippen LogP contribution in [0.4, 0.5) is 0 Å². The van der Waals surface area contributed by atoms with Gasteiger partial charge in [-0.1, -0.05) is 17.8 Å². The van der Waals surface area contributed by atoms with Gasteiger partial charge in [0.05, 0.1) is 10.6 Å². The summed E-state index contributed by atoms with van der Waals surface area (Å²) in [5.41, 5.74) is 2.44. The first-order chi connectivity index (χ1) is 13.4. The summed E-state index contributed by atoms with van der Waals surface area (Å²) in [5, 5.41) is 11.1. The van der Waals surface area contributed by atoms with Crippen LogP contribution in [0.15, 0.2) is 28.7 Å². The normalized spacial score (nSPS) is 11.0. The average Bonchev–Trinajstić information content (AvgIpc) is 3.40. The smallest absolute Gasteiger partial charge is 0.316 e. The van der Waals surface area contributed by atoms with E-state index in [4.69, 9.17) is 4.74 Å². The number of carbonyl (C=O) groups is 2. The molecular weight excluding hydrogens is 396 g/mol. The Morgan fingerprint density at radius 3 is 2.68 bits per heavy atom. The maximum Gasteiger partial charge on any atom is 0.316 e. The Kier molecular flexibility index (Phi) is 6.35. The van der Waals surface area contributed by atoms with Crippen LogP contribution >= 0.6 is 23.1 Å². The summed E-state index contributed by atoms with van der Waals surface area (Å²) in [4.78, 5) is 25.4. The van der Waals surface area contributed by atoms with E-state index in [0.717, 1.165) is 22.1 Å². The van der Waals surface area contributed by atoms with Gasteiger partial charge in [0.1, 0.15) is 0 Å². The van der Waals surface area contributed by atoms with Gasteiger partial charge in [-0.25, -0.2) is 0 Å². The molecule has 0 N–H and O–H groups in total. The van der Waals surface area contributed by atoms with E-state index < -0.39 is 5.97 Å². The molecule has 0 saturated heterocycles. The first-order valence-corrected chi connectivity index (χ1v) is 10.7. The minimum atomic E-state index is -0.452. The van der Waals surface area contributed by atoms with E-state index in [2.05, 4.69) is 10.2 Å². The highest BCUT2D eigenvalue weighted by Gasteiger charge is 2.18. The number of thiophene rings is 1. The van der Waals surface area contributed by atoms with Crippen molar-refractivity contribution in [2.75, 3.05) is 12.4 Å². The monoisotopic (exact) mass is 418 g/mol. The molecule has 28 heavy (non-hydrogen) atoms. The van der Waals surface area contributed by atoms with E-state index in [0.29, 0.717) is 17.3 Å². The van der Waals surface area contributed by atoms with E-state index in [1.165, 1.54) is 11.8 Å². The standard InChI is InChI=1S/C19H22N4O3S2/c1-5-23-18(16-7-6-8-27-16)20-21-19(23)28-11-17(25)26-10-15(24)14-9-12(2)22(4)13(14)3/h6-9H,5,10-11H2,1-4H3. The number of rotatable bonds is 8. The fourth-order valence-corrected chi connectivity index (χ4v) is 4.31. The maximum absolute atomic E-state index is 12.3. The number of aromatic nitrogens is 4. The quantitative estimate of drug-likeness (QED) is 0.316. The minimum absolute atomic E-state index is 0.0721. The van der Waals surface area contributed by atoms with Crippen molar-refractivity contribution >= 4 is 34.9 Å². The summed E-state index contributed by atoms with van der Waals surface area (Å²) >= 11 is 2.85. The second-order valence-corrected chi connectivity index (χ2v) is 8.13. The Hall–Kier alpha value is -2.39. The zero-order valence-electron chi connectivity index (χ0n) is 16.3. The van der Waals surface area contributed by atoms with Crippen LogP contribution in [0, 0.1) is 13.8 Å². The summed E-state index contributed by atoms with van der Waals surface area (Å²) < 4.78 is 9.06. The van der Waals surface area contributed by atoms with E-state index in [1.54, 1.807) is 11.3 Å². The maximum atomic E-state index is 12.3. The number of ether oxygens (including phenoxy) is 1. The SMILES string of the molecule is CCn1c(SCC(=O)OCC(=O)c2cc(C)n(C)c2C)nnc1-c1cccs1. The lowest BCUT2D eigenvalue weighted by molar-refractivity contribution is -0.139. The fraction of sp³-hybridized carbons (Fsp3) is 0.368. The van der Waals surface area contributed by atoms with E-state index >= 15 is 0 Å². The molecule has 0 spiro atoms. The first kappa shape index (κ1) is 20.3. The molecule has 148 valence electrons. The Labute approximate surface area is 171 Å². The van der Waals surface area contributed by atoms with Crippen LogP contribution in [-0.4, -0.2) is 43.4 Å². The minimum Gasteiger partial charge on any atom is -0.457 e. The van der Waals surface area contributed by atoms with Crippen LogP contribution in [0.5, 0.6) is 0 Å². The number of aryl methyl sites for hydroxylation is 1. The number of thioether (sulfide) groups is 1. The molecule has 0 radical (unpaired) electrons. The van der Waals surface area contributed by atoms with Crippen molar-refractivity contribution in [1.29, 1.82) is 0 Å². The van der Waals surface area contributed by atoms with Crippen LogP contribution in [0.2, 0.25) is 0 Å². The molecule has 3 heterocycles. The van der Waals surface area contributed by atoms with Gasteiger partial charge >= 0.3 is 5.97 Å². The molecule has 0 fully saturated rings. The van der Waals surface area contributed by atoms with Crippen molar-refractivity contribution in [3.63, 3.8) is 0 Å². The van der Waals surface area contributed by atoms with Gasteiger partial charge < -0.3 is 13.9 Å². The lowest BCUT2D eigenvalue weighted by Gasteiger charge is -2.07.